The van der Waals surface area contributed by atoms with Gasteiger partial charge in [-0.25, -0.2) is 27.2 Å². The van der Waals surface area contributed by atoms with Crippen LogP contribution >= 0.6 is 11.3 Å². The molecule has 3 aromatic carbocycles. The summed E-state index contributed by atoms with van der Waals surface area (Å²) in [5.41, 5.74) is 5.79. The molecule has 18 heteroatoms. The van der Waals surface area contributed by atoms with Gasteiger partial charge >= 0.3 is 6.36 Å². The average Bonchev–Trinajstić information content (AvgIpc) is 3.59. The second-order valence-electron chi connectivity index (χ2n) is 9.48. The maximum absolute atomic E-state index is 13.9. The summed E-state index contributed by atoms with van der Waals surface area (Å²) in [6, 6.07) is 17.8. The monoisotopic (exact) mass is 683 g/mol. The second-order valence-corrected chi connectivity index (χ2v) is 13.4. The molecule has 0 radical (unpaired) electrons. The fourth-order valence-corrected chi connectivity index (χ4v) is 7.76. The highest BCUT2D eigenvalue weighted by molar-refractivity contribution is 7.91. The molecule has 0 amide bonds. The van der Waals surface area contributed by atoms with Crippen molar-refractivity contribution < 1.29 is 43.9 Å². The molecule has 0 bridgehead atoms. The molecule has 0 aliphatic rings. The van der Waals surface area contributed by atoms with Gasteiger partial charge in [0.1, 0.15) is 21.8 Å². The summed E-state index contributed by atoms with van der Waals surface area (Å²) in [5.74, 6) is -1.61. The number of hydrogen-bond donors (Lipinski definition) is 3. The maximum Gasteiger partial charge on any atom is 0.573 e. The molecular formula is C27H24F3N5O7S3. The Hall–Kier alpha value is -3.94. The van der Waals surface area contributed by atoms with Gasteiger partial charge in [0.15, 0.2) is 9.84 Å². The highest BCUT2D eigenvalue weighted by Crippen LogP contribution is 2.39. The lowest BCUT2D eigenvalue weighted by Gasteiger charge is -2.16. The molecule has 2 aromatic heterocycles. The van der Waals surface area contributed by atoms with E-state index in [2.05, 4.69) is 25.3 Å². The molecule has 1 atom stereocenters. The van der Waals surface area contributed by atoms with Crippen LogP contribution in [-0.2, 0) is 44.4 Å². The first-order chi connectivity index (χ1) is 21.4. The van der Waals surface area contributed by atoms with E-state index in [4.69, 9.17) is 9.15 Å². The number of sulfone groups is 1. The predicted molar refractivity (Wildman–Crippen MR) is 158 cm³/mol. The third-order valence-corrected chi connectivity index (χ3v) is 9.68. The van der Waals surface area contributed by atoms with Gasteiger partial charge in [0.25, 0.3) is 0 Å². The number of nitrogens with one attached hydrogen (secondary N) is 2. The first-order valence-electron chi connectivity index (χ1n) is 12.9. The van der Waals surface area contributed by atoms with Gasteiger partial charge in [-0.1, -0.05) is 42.5 Å². The Labute approximate surface area is 260 Å². The molecule has 5 rings (SSSR count). The van der Waals surface area contributed by atoms with Crippen molar-refractivity contribution >= 4 is 42.3 Å². The van der Waals surface area contributed by atoms with E-state index < -0.39 is 43.8 Å². The van der Waals surface area contributed by atoms with E-state index in [0.29, 0.717) is 16.8 Å². The third kappa shape index (κ3) is 8.41. The van der Waals surface area contributed by atoms with Gasteiger partial charge < -0.3 is 13.9 Å². The van der Waals surface area contributed by atoms with Crippen LogP contribution in [0.15, 0.2) is 71.1 Å². The minimum absolute atomic E-state index is 0.0856. The Morgan fingerprint density at radius 3 is 2.33 bits per heavy atom. The number of thiol groups is 1. The SMILES string of the molecule is COCc1ccc(-c2ccc3nc(C(c4ccc(OC(F)(F)F)cc4)S(=O)(=O)Cc4nnc(CNN[SH](=O)=O)o4)sc3c2)cc1. The molecular weight excluding hydrogens is 660 g/mol. The van der Waals surface area contributed by atoms with Crippen LogP contribution in [0.2, 0.25) is 0 Å². The molecule has 0 saturated carbocycles. The summed E-state index contributed by atoms with van der Waals surface area (Å²) in [4.78, 5) is 6.51. The van der Waals surface area contributed by atoms with Gasteiger partial charge in [0, 0.05) is 7.11 Å². The van der Waals surface area contributed by atoms with Crippen LogP contribution in [-0.4, -0.2) is 45.5 Å². The fraction of sp³-hybridized carbons (Fsp3) is 0.222. The number of rotatable bonds is 13. The number of alkyl halides is 3. The number of aromatic nitrogens is 3. The Morgan fingerprint density at radius 2 is 1.67 bits per heavy atom. The van der Waals surface area contributed by atoms with E-state index in [1.807, 2.05) is 41.2 Å². The van der Waals surface area contributed by atoms with Crippen molar-refractivity contribution in [2.75, 3.05) is 7.11 Å². The molecule has 0 saturated heterocycles. The van der Waals surface area contributed by atoms with Gasteiger partial charge in [0.05, 0.1) is 23.4 Å². The zero-order valence-corrected chi connectivity index (χ0v) is 25.7. The van der Waals surface area contributed by atoms with Gasteiger partial charge in [-0.2, -0.15) is 4.83 Å². The van der Waals surface area contributed by atoms with Crippen LogP contribution in [0.3, 0.4) is 0 Å². The molecule has 0 spiro atoms. The standard InChI is InChI=1S/C27H24F3N5O7S3/c1-40-14-16-2-4-17(5-3-16)19-8-11-21-22(12-19)43-26(32-21)25(18-6-9-20(10-7-18)42-27(28,29)30)45(38,39)15-24-34-33-23(41-24)13-31-35-44(36)37/h2-12,25,31,44H,13-15H2,1H3,(H,35,36,37). The molecule has 0 fully saturated rings. The summed E-state index contributed by atoms with van der Waals surface area (Å²) in [7, 11) is -5.55. The Bertz CT molecular complexity index is 1950. The van der Waals surface area contributed by atoms with Crippen molar-refractivity contribution in [3.63, 3.8) is 0 Å². The lowest BCUT2D eigenvalue weighted by atomic mass is 10.0. The summed E-state index contributed by atoms with van der Waals surface area (Å²) >= 11 is 1.13. The van der Waals surface area contributed by atoms with Crippen molar-refractivity contribution in [2.24, 2.45) is 0 Å². The Morgan fingerprint density at radius 1 is 0.978 bits per heavy atom. The highest BCUT2D eigenvalue weighted by Gasteiger charge is 2.35. The maximum atomic E-state index is 13.9. The number of benzene rings is 3. The average molecular weight is 684 g/mol. The van der Waals surface area contributed by atoms with Crippen molar-refractivity contribution in [3.8, 4) is 16.9 Å². The number of nitrogens with zero attached hydrogens (tertiary/aromatic N) is 3. The molecule has 45 heavy (non-hydrogen) atoms. The summed E-state index contributed by atoms with van der Waals surface area (Å²) < 4.78 is 102. The molecule has 5 aromatic rings. The van der Waals surface area contributed by atoms with Crippen molar-refractivity contribution in [3.05, 3.63) is 94.6 Å². The molecule has 12 nitrogen and oxygen atoms in total. The minimum Gasteiger partial charge on any atom is -0.423 e. The number of thiazole rings is 1. The molecule has 2 N–H and O–H groups in total. The van der Waals surface area contributed by atoms with E-state index in [0.717, 1.165) is 40.2 Å². The number of hydrogen-bond acceptors (Lipinski definition) is 12. The quantitative estimate of drug-likeness (QED) is 0.120. The van der Waals surface area contributed by atoms with Crippen LogP contribution in [0, 0.1) is 0 Å². The smallest absolute Gasteiger partial charge is 0.423 e. The minimum atomic E-state index is -4.93. The van der Waals surface area contributed by atoms with Crippen molar-refractivity contribution in [1.29, 1.82) is 0 Å². The van der Waals surface area contributed by atoms with Crippen molar-refractivity contribution in [2.45, 2.75) is 30.5 Å². The van der Waals surface area contributed by atoms with E-state index in [1.165, 1.54) is 12.1 Å². The number of halogens is 3. The number of hydrazine groups is 1. The number of fused-ring (bicyclic) bond motifs is 1. The van der Waals surface area contributed by atoms with E-state index in [1.54, 1.807) is 13.2 Å². The van der Waals surface area contributed by atoms with E-state index >= 15 is 0 Å². The topological polar surface area (TPSA) is 163 Å². The predicted octanol–water partition coefficient (Wildman–Crippen LogP) is 4.22. The van der Waals surface area contributed by atoms with Crippen LogP contribution in [0.5, 0.6) is 5.75 Å². The normalized spacial score (nSPS) is 13.0. The summed E-state index contributed by atoms with van der Waals surface area (Å²) in [6.07, 6.45) is -4.93. The molecule has 2 heterocycles. The van der Waals surface area contributed by atoms with Crippen LogP contribution in [0.25, 0.3) is 21.3 Å². The lowest BCUT2D eigenvalue weighted by Crippen LogP contribution is -2.29. The van der Waals surface area contributed by atoms with E-state index in [-0.39, 0.29) is 28.9 Å². The Kier molecular flexibility index (Phi) is 9.80. The molecule has 1 unspecified atom stereocenters. The number of methoxy groups -OCH3 is 1. The molecule has 0 aliphatic heterocycles. The van der Waals surface area contributed by atoms with E-state index in [9.17, 15) is 30.0 Å². The largest absolute Gasteiger partial charge is 0.573 e. The summed E-state index contributed by atoms with van der Waals surface area (Å²) in [6.45, 7) is 0.259. The van der Waals surface area contributed by atoms with Gasteiger partial charge in [0.2, 0.25) is 22.7 Å². The van der Waals surface area contributed by atoms with Crippen LogP contribution in [0.1, 0.15) is 33.2 Å². The zero-order valence-electron chi connectivity index (χ0n) is 23.1. The lowest BCUT2D eigenvalue weighted by molar-refractivity contribution is -0.274. The van der Waals surface area contributed by atoms with Gasteiger partial charge in [-0.05, 0) is 46.5 Å². The fourth-order valence-electron chi connectivity index (χ4n) is 4.40. The van der Waals surface area contributed by atoms with Crippen LogP contribution < -0.4 is 15.0 Å². The summed E-state index contributed by atoms with van der Waals surface area (Å²) in [5, 5.41) is 6.22. The van der Waals surface area contributed by atoms with Gasteiger partial charge in [-0.15, -0.1) is 34.7 Å². The first-order valence-corrected chi connectivity index (χ1v) is 16.6. The highest BCUT2D eigenvalue weighted by atomic mass is 32.2. The number of ether oxygens (including phenoxy) is 2. The molecule has 0 aliphatic carbocycles. The Balaban J connectivity index is 1.48. The third-order valence-electron chi connectivity index (χ3n) is 6.25. The van der Waals surface area contributed by atoms with Gasteiger partial charge in [-0.3, -0.25) is 0 Å². The first kappa shape index (κ1) is 32.5. The van der Waals surface area contributed by atoms with Crippen LogP contribution in [0.4, 0.5) is 13.2 Å². The molecule has 238 valence electrons. The van der Waals surface area contributed by atoms with Crippen molar-refractivity contribution in [1.82, 2.24) is 25.4 Å². The second kappa shape index (κ2) is 13.6. The zero-order chi connectivity index (χ0) is 32.2.